The molecule has 3 aromatic rings. The number of fused-ring (bicyclic) bond motifs is 1. The van der Waals surface area contributed by atoms with Crippen LogP contribution in [0.15, 0.2) is 63.8 Å². The lowest BCUT2D eigenvalue weighted by Crippen LogP contribution is -2.54. The summed E-state index contributed by atoms with van der Waals surface area (Å²) in [4.78, 5) is 49.4. The molecular weight excluding hydrogens is 472 g/mol. The molecule has 1 heterocycles. The van der Waals surface area contributed by atoms with Gasteiger partial charge in [0.05, 0.1) is 6.04 Å². The van der Waals surface area contributed by atoms with E-state index in [1.54, 1.807) is 25.1 Å². The Hall–Kier alpha value is -3.69. The van der Waals surface area contributed by atoms with Gasteiger partial charge in [0.25, 0.3) is 0 Å². The molecule has 2 aromatic carbocycles. The van der Waals surface area contributed by atoms with E-state index in [0.29, 0.717) is 11.3 Å². The Kier molecular flexibility index (Phi) is 9.56. The van der Waals surface area contributed by atoms with Gasteiger partial charge in [-0.25, -0.2) is 4.79 Å². The second-order valence-electron chi connectivity index (χ2n) is 8.22. The molecule has 0 spiro atoms. The maximum absolute atomic E-state index is 13.1. The van der Waals surface area contributed by atoms with Gasteiger partial charge in [-0.3, -0.25) is 14.4 Å². The molecular formula is C25H29ClN4O5. The minimum Gasteiger partial charge on any atom is -0.423 e. The summed E-state index contributed by atoms with van der Waals surface area (Å²) in [6.45, 7) is 4.83. The summed E-state index contributed by atoms with van der Waals surface area (Å²) in [5.41, 5.74) is 7.43. The van der Waals surface area contributed by atoms with Gasteiger partial charge in [0.15, 0.2) is 0 Å². The van der Waals surface area contributed by atoms with Crippen molar-refractivity contribution in [2.24, 2.45) is 5.73 Å². The summed E-state index contributed by atoms with van der Waals surface area (Å²) in [5.74, 6) is -1.46. The number of carbonyl (C=O) groups excluding carboxylic acids is 3. The normalized spacial score (nSPS) is 13.1. The van der Waals surface area contributed by atoms with Gasteiger partial charge in [-0.05, 0) is 44.0 Å². The minimum atomic E-state index is -0.926. The van der Waals surface area contributed by atoms with Crippen molar-refractivity contribution in [2.75, 3.05) is 5.32 Å². The Labute approximate surface area is 208 Å². The first kappa shape index (κ1) is 27.6. The van der Waals surface area contributed by atoms with Crippen LogP contribution in [-0.2, 0) is 20.8 Å². The van der Waals surface area contributed by atoms with Crippen molar-refractivity contribution in [2.45, 2.75) is 45.3 Å². The van der Waals surface area contributed by atoms with Crippen LogP contribution in [0.1, 0.15) is 25.0 Å². The lowest BCUT2D eigenvalue weighted by atomic mass is 10.0. The Morgan fingerprint density at radius 2 is 1.63 bits per heavy atom. The highest BCUT2D eigenvalue weighted by Crippen LogP contribution is 2.21. The molecule has 0 saturated heterocycles. The van der Waals surface area contributed by atoms with Crippen LogP contribution in [0.3, 0.4) is 0 Å². The maximum Gasteiger partial charge on any atom is 0.336 e. The van der Waals surface area contributed by atoms with Crippen LogP contribution in [0.2, 0.25) is 0 Å². The molecule has 1 aromatic heterocycles. The third-order valence-electron chi connectivity index (χ3n) is 5.30. The number of carbonyl (C=O) groups is 3. The lowest BCUT2D eigenvalue weighted by molar-refractivity contribution is -0.130. The van der Waals surface area contributed by atoms with Crippen molar-refractivity contribution in [3.63, 3.8) is 0 Å². The third kappa shape index (κ3) is 7.40. The van der Waals surface area contributed by atoms with Crippen LogP contribution in [-0.4, -0.2) is 35.8 Å². The standard InChI is InChI=1S/C25H28N4O5.ClH/c1-14-11-22(30)34-21-13-18(9-10-19(14)21)28-25(33)20(12-17-7-5-4-6-8-17)29-24(32)16(3)27-23(31)15(2)26;/h4-11,13,15-16,20H,12,26H2,1-3H3,(H,27,31)(H,28,33)(H,29,32);1H/t15-,16-,20-;/m0./s1. The first-order valence-corrected chi connectivity index (χ1v) is 10.9. The molecule has 9 nitrogen and oxygen atoms in total. The molecule has 3 rings (SSSR count). The zero-order valence-electron chi connectivity index (χ0n) is 19.7. The molecule has 3 atom stereocenters. The highest BCUT2D eigenvalue weighted by atomic mass is 35.5. The molecule has 10 heteroatoms. The number of aryl methyl sites for hydroxylation is 1. The van der Waals surface area contributed by atoms with Gasteiger partial charge in [0, 0.05) is 29.6 Å². The van der Waals surface area contributed by atoms with Crippen LogP contribution in [0, 0.1) is 6.92 Å². The van der Waals surface area contributed by atoms with Crippen molar-refractivity contribution in [1.82, 2.24) is 10.6 Å². The fourth-order valence-electron chi connectivity index (χ4n) is 3.40. The van der Waals surface area contributed by atoms with E-state index < -0.39 is 41.5 Å². The number of rotatable bonds is 8. The molecule has 0 aliphatic rings. The first-order valence-electron chi connectivity index (χ1n) is 10.9. The van der Waals surface area contributed by atoms with Gasteiger partial charge in [-0.2, -0.15) is 0 Å². The van der Waals surface area contributed by atoms with Gasteiger partial charge >= 0.3 is 5.63 Å². The largest absolute Gasteiger partial charge is 0.423 e. The average molecular weight is 501 g/mol. The number of amides is 3. The number of halogens is 1. The van der Waals surface area contributed by atoms with E-state index in [-0.39, 0.29) is 18.8 Å². The monoisotopic (exact) mass is 500 g/mol. The van der Waals surface area contributed by atoms with Crippen LogP contribution >= 0.6 is 12.4 Å². The quantitative estimate of drug-likeness (QED) is 0.348. The highest BCUT2D eigenvalue weighted by Gasteiger charge is 2.25. The minimum absolute atomic E-state index is 0. The lowest BCUT2D eigenvalue weighted by Gasteiger charge is -2.22. The van der Waals surface area contributed by atoms with E-state index in [0.717, 1.165) is 16.5 Å². The first-order chi connectivity index (χ1) is 16.1. The molecule has 186 valence electrons. The molecule has 0 bridgehead atoms. The van der Waals surface area contributed by atoms with Crippen molar-refractivity contribution >= 4 is 46.8 Å². The van der Waals surface area contributed by atoms with Gasteiger partial charge in [-0.1, -0.05) is 30.3 Å². The predicted molar refractivity (Wildman–Crippen MR) is 136 cm³/mol. The van der Waals surface area contributed by atoms with Crippen LogP contribution in [0.25, 0.3) is 11.0 Å². The van der Waals surface area contributed by atoms with E-state index in [4.69, 9.17) is 10.2 Å². The number of nitrogens with one attached hydrogen (secondary N) is 3. The molecule has 0 fully saturated rings. The van der Waals surface area contributed by atoms with Crippen LogP contribution < -0.4 is 27.3 Å². The number of hydrogen-bond donors (Lipinski definition) is 4. The number of hydrogen-bond acceptors (Lipinski definition) is 6. The molecule has 5 N–H and O–H groups in total. The Bertz CT molecular complexity index is 1260. The molecule has 0 aliphatic heterocycles. The van der Waals surface area contributed by atoms with Crippen molar-refractivity contribution < 1.29 is 18.8 Å². The molecule has 0 unspecified atom stereocenters. The summed E-state index contributed by atoms with van der Waals surface area (Å²) in [7, 11) is 0. The zero-order chi connectivity index (χ0) is 24.8. The van der Waals surface area contributed by atoms with Crippen molar-refractivity contribution in [3.8, 4) is 0 Å². The van der Waals surface area contributed by atoms with Crippen molar-refractivity contribution in [3.05, 3.63) is 76.1 Å². The molecule has 35 heavy (non-hydrogen) atoms. The van der Waals surface area contributed by atoms with Gasteiger partial charge in [0.1, 0.15) is 17.7 Å². The van der Waals surface area contributed by atoms with E-state index in [1.807, 2.05) is 30.3 Å². The number of nitrogens with two attached hydrogens (primary N) is 1. The zero-order valence-corrected chi connectivity index (χ0v) is 20.5. The maximum atomic E-state index is 13.1. The smallest absolute Gasteiger partial charge is 0.336 e. The van der Waals surface area contributed by atoms with E-state index in [2.05, 4.69) is 16.0 Å². The second-order valence-corrected chi connectivity index (χ2v) is 8.22. The summed E-state index contributed by atoms with van der Waals surface area (Å²) in [6, 6.07) is 13.1. The topological polar surface area (TPSA) is 144 Å². The predicted octanol–water partition coefficient (Wildman–Crippen LogP) is 2.04. The number of benzene rings is 2. The third-order valence-corrected chi connectivity index (χ3v) is 5.30. The summed E-state index contributed by atoms with van der Waals surface area (Å²) in [5, 5.41) is 8.75. The van der Waals surface area contributed by atoms with E-state index >= 15 is 0 Å². The van der Waals surface area contributed by atoms with E-state index in [9.17, 15) is 19.2 Å². The Balaban J connectivity index is 0.00000432. The highest BCUT2D eigenvalue weighted by molar-refractivity contribution is 5.99. The fraction of sp³-hybridized carbons (Fsp3) is 0.280. The van der Waals surface area contributed by atoms with Gasteiger partial charge in [0.2, 0.25) is 17.7 Å². The molecule has 0 saturated carbocycles. The summed E-state index contributed by atoms with van der Waals surface area (Å²) in [6.07, 6.45) is 0.230. The van der Waals surface area contributed by atoms with E-state index in [1.165, 1.54) is 19.9 Å². The SMILES string of the molecule is Cc1cc(=O)oc2cc(NC(=O)[C@H](Cc3ccccc3)NC(=O)[C@H](C)NC(=O)[C@H](C)N)ccc12.Cl. The average Bonchev–Trinajstić information content (AvgIpc) is 2.78. The molecule has 0 radical (unpaired) electrons. The Morgan fingerprint density at radius 1 is 0.943 bits per heavy atom. The van der Waals surface area contributed by atoms with Crippen LogP contribution in [0.4, 0.5) is 5.69 Å². The summed E-state index contributed by atoms with van der Waals surface area (Å²) >= 11 is 0. The van der Waals surface area contributed by atoms with Crippen LogP contribution in [0.5, 0.6) is 0 Å². The Morgan fingerprint density at radius 3 is 2.29 bits per heavy atom. The molecule has 3 amide bonds. The second kappa shape index (κ2) is 12.1. The van der Waals surface area contributed by atoms with Gasteiger partial charge in [-0.15, -0.1) is 12.4 Å². The molecule has 0 aliphatic carbocycles. The van der Waals surface area contributed by atoms with Gasteiger partial charge < -0.3 is 26.1 Å². The number of anilines is 1. The summed E-state index contributed by atoms with van der Waals surface area (Å²) < 4.78 is 5.25. The fourth-order valence-corrected chi connectivity index (χ4v) is 3.40. The van der Waals surface area contributed by atoms with Crippen molar-refractivity contribution in [1.29, 1.82) is 0 Å².